The van der Waals surface area contributed by atoms with Crippen LogP contribution in [-0.2, 0) is 9.47 Å². The Balaban J connectivity index is 1.98. The van der Waals surface area contributed by atoms with Gasteiger partial charge in [-0.1, -0.05) is 0 Å². The van der Waals surface area contributed by atoms with Gasteiger partial charge in [-0.15, -0.1) is 0 Å². The van der Waals surface area contributed by atoms with Crippen LogP contribution in [0.25, 0.3) is 0 Å². The van der Waals surface area contributed by atoms with Crippen molar-refractivity contribution in [1.29, 1.82) is 0 Å². The fourth-order valence-corrected chi connectivity index (χ4v) is 1.31. The molecule has 14 heavy (non-hydrogen) atoms. The van der Waals surface area contributed by atoms with E-state index in [0.29, 0.717) is 13.2 Å². The Kier molecular flexibility index (Phi) is 5.32. The van der Waals surface area contributed by atoms with Crippen LogP contribution in [0.3, 0.4) is 0 Å². The van der Waals surface area contributed by atoms with Crippen LogP contribution in [0.4, 0.5) is 4.79 Å². The molecule has 1 aliphatic rings. The van der Waals surface area contributed by atoms with Gasteiger partial charge in [-0.05, 0) is 19.3 Å². The molecule has 0 bridgehead atoms. The molecule has 5 nitrogen and oxygen atoms in total. The summed E-state index contributed by atoms with van der Waals surface area (Å²) < 4.78 is 10.1. The summed E-state index contributed by atoms with van der Waals surface area (Å²) in [4.78, 5) is 11.2. The molecule has 0 aromatic heterocycles. The van der Waals surface area contributed by atoms with Crippen LogP contribution in [0.5, 0.6) is 0 Å². The van der Waals surface area contributed by atoms with Crippen molar-refractivity contribution in [2.24, 2.45) is 0 Å². The molecule has 0 aliphatic carbocycles. The number of carbonyl (C=O) groups excluding carboxylic acids is 1. The first-order valence-corrected chi connectivity index (χ1v) is 4.98. The fourth-order valence-electron chi connectivity index (χ4n) is 1.31. The highest BCUT2D eigenvalue weighted by atomic mass is 16.5. The molecule has 1 heterocycles. The van der Waals surface area contributed by atoms with Crippen molar-refractivity contribution in [3.05, 3.63) is 0 Å². The van der Waals surface area contributed by atoms with Crippen LogP contribution in [0.2, 0.25) is 0 Å². The number of hydrogen-bond donors (Lipinski definition) is 2. The third kappa shape index (κ3) is 4.43. The monoisotopic (exact) mass is 202 g/mol. The van der Waals surface area contributed by atoms with Crippen molar-refractivity contribution >= 4 is 6.03 Å². The van der Waals surface area contributed by atoms with E-state index in [0.717, 1.165) is 25.9 Å². The highest BCUT2D eigenvalue weighted by Crippen LogP contribution is 2.08. The molecule has 82 valence electrons. The number of hydrogen-bond acceptors (Lipinski definition) is 3. The second kappa shape index (κ2) is 6.62. The van der Waals surface area contributed by atoms with E-state index in [1.165, 1.54) is 0 Å². The van der Waals surface area contributed by atoms with E-state index >= 15 is 0 Å². The van der Waals surface area contributed by atoms with Crippen LogP contribution in [0.15, 0.2) is 0 Å². The van der Waals surface area contributed by atoms with Gasteiger partial charge >= 0.3 is 6.03 Å². The van der Waals surface area contributed by atoms with Gasteiger partial charge in [0.1, 0.15) is 6.23 Å². The minimum absolute atomic E-state index is 0.0996. The first-order valence-electron chi connectivity index (χ1n) is 4.98. The van der Waals surface area contributed by atoms with Crippen molar-refractivity contribution in [2.45, 2.75) is 25.5 Å². The molecule has 1 fully saturated rings. The smallest absolute Gasteiger partial charge is 0.316 e. The minimum Gasteiger partial charge on any atom is -0.385 e. The highest BCUT2D eigenvalue weighted by molar-refractivity contribution is 5.73. The van der Waals surface area contributed by atoms with Gasteiger partial charge in [0.15, 0.2) is 0 Å². The molecule has 2 amide bonds. The summed E-state index contributed by atoms with van der Waals surface area (Å²) in [6.45, 7) is 2.04. The van der Waals surface area contributed by atoms with Crippen molar-refractivity contribution in [3.8, 4) is 0 Å². The molecule has 5 heteroatoms. The van der Waals surface area contributed by atoms with Crippen molar-refractivity contribution < 1.29 is 14.3 Å². The summed E-state index contributed by atoms with van der Waals surface area (Å²) in [5.74, 6) is 0. The standard InChI is InChI=1S/C9H18N2O3/c1-13-6-3-5-10-9(12)11-8-4-2-7-14-8/h8H,2-7H2,1H3,(H2,10,11,12). The minimum atomic E-state index is -0.159. The van der Waals surface area contributed by atoms with Gasteiger partial charge in [-0.2, -0.15) is 0 Å². The zero-order chi connectivity index (χ0) is 10.2. The average molecular weight is 202 g/mol. The number of ether oxygens (including phenoxy) is 2. The average Bonchev–Trinajstić information content (AvgIpc) is 2.65. The normalized spacial score (nSPS) is 20.8. The van der Waals surface area contributed by atoms with E-state index in [9.17, 15) is 4.79 Å². The van der Waals surface area contributed by atoms with Gasteiger partial charge in [0.05, 0.1) is 0 Å². The Hall–Kier alpha value is -0.810. The van der Waals surface area contributed by atoms with Gasteiger partial charge in [0.25, 0.3) is 0 Å². The quantitative estimate of drug-likeness (QED) is 0.637. The van der Waals surface area contributed by atoms with Crippen LogP contribution in [-0.4, -0.2) is 39.1 Å². The lowest BCUT2D eigenvalue weighted by atomic mass is 10.3. The maximum absolute atomic E-state index is 11.2. The van der Waals surface area contributed by atoms with Gasteiger partial charge in [0.2, 0.25) is 0 Å². The molecule has 0 saturated carbocycles. The van der Waals surface area contributed by atoms with E-state index in [1.54, 1.807) is 7.11 Å². The zero-order valence-electron chi connectivity index (χ0n) is 8.54. The molecule has 0 spiro atoms. The zero-order valence-corrected chi connectivity index (χ0v) is 8.54. The highest BCUT2D eigenvalue weighted by Gasteiger charge is 2.16. The molecule has 0 aromatic carbocycles. The molecule has 0 aromatic rings. The summed E-state index contributed by atoms with van der Waals surface area (Å²) in [7, 11) is 1.65. The Bertz CT molecular complexity index is 169. The number of carbonyl (C=O) groups is 1. The molecule has 1 aliphatic heterocycles. The van der Waals surface area contributed by atoms with E-state index in [2.05, 4.69) is 10.6 Å². The van der Waals surface area contributed by atoms with Crippen molar-refractivity contribution in [3.63, 3.8) is 0 Å². The number of nitrogens with one attached hydrogen (secondary N) is 2. The summed E-state index contributed by atoms with van der Waals surface area (Å²) in [5.41, 5.74) is 0. The summed E-state index contributed by atoms with van der Waals surface area (Å²) >= 11 is 0. The Labute approximate surface area is 84.1 Å². The van der Waals surface area contributed by atoms with Crippen molar-refractivity contribution in [2.75, 3.05) is 26.9 Å². The maximum Gasteiger partial charge on any atom is 0.316 e. The lowest BCUT2D eigenvalue weighted by Crippen LogP contribution is -2.42. The molecule has 0 radical (unpaired) electrons. The Morgan fingerprint density at radius 2 is 2.50 bits per heavy atom. The molecule has 1 saturated heterocycles. The molecule has 2 N–H and O–H groups in total. The fraction of sp³-hybridized carbons (Fsp3) is 0.889. The van der Waals surface area contributed by atoms with Gasteiger partial charge in [-0.3, -0.25) is 0 Å². The first kappa shape index (κ1) is 11.3. The number of amides is 2. The molecular weight excluding hydrogens is 184 g/mol. The second-order valence-electron chi connectivity index (χ2n) is 3.25. The molecule has 1 rings (SSSR count). The predicted molar refractivity (Wildman–Crippen MR) is 52.0 cm³/mol. The maximum atomic E-state index is 11.2. The van der Waals surface area contributed by atoms with E-state index in [1.807, 2.05) is 0 Å². The second-order valence-corrected chi connectivity index (χ2v) is 3.25. The number of urea groups is 1. The molecule has 1 atom stereocenters. The number of rotatable bonds is 5. The Morgan fingerprint density at radius 1 is 1.64 bits per heavy atom. The SMILES string of the molecule is COCCCNC(=O)NC1CCCO1. The lowest BCUT2D eigenvalue weighted by molar-refractivity contribution is 0.0906. The largest absolute Gasteiger partial charge is 0.385 e. The molecular formula is C9H18N2O3. The summed E-state index contributed by atoms with van der Waals surface area (Å²) in [6.07, 6.45) is 2.66. The Morgan fingerprint density at radius 3 is 3.14 bits per heavy atom. The van der Waals surface area contributed by atoms with Gasteiger partial charge < -0.3 is 20.1 Å². The van der Waals surface area contributed by atoms with Crippen LogP contribution in [0.1, 0.15) is 19.3 Å². The predicted octanol–water partition coefficient (Wildman–Crippen LogP) is 0.459. The third-order valence-electron chi connectivity index (χ3n) is 2.03. The van der Waals surface area contributed by atoms with Gasteiger partial charge in [0, 0.05) is 26.9 Å². The van der Waals surface area contributed by atoms with Crippen molar-refractivity contribution in [1.82, 2.24) is 10.6 Å². The van der Waals surface area contributed by atoms with Gasteiger partial charge in [-0.25, -0.2) is 4.79 Å². The van der Waals surface area contributed by atoms with Crippen LogP contribution in [0, 0.1) is 0 Å². The van der Waals surface area contributed by atoms with Crippen LogP contribution >= 0.6 is 0 Å². The summed E-state index contributed by atoms with van der Waals surface area (Å²) in [6, 6.07) is -0.159. The van der Waals surface area contributed by atoms with E-state index < -0.39 is 0 Å². The topological polar surface area (TPSA) is 59.6 Å². The summed E-state index contributed by atoms with van der Waals surface area (Å²) in [5, 5.41) is 5.48. The molecule has 1 unspecified atom stereocenters. The van der Waals surface area contributed by atoms with Crippen LogP contribution < -0.4 is 10.6 Å². The first-order chi connectivity index (χ1) is 6.83. The van der Waals surface area contributed by atoms with E-state index in [-0.39, 0.29) is 12.3 Å². The lowest BCUT2D eigenvalue weighted by Gasteiger charge is -2.12. The third-order valence-corrected chi connectivity index (χ3v) is 2.03. The number of methoxy groups -OCH3 is 1. The van der Waals surface area contributed by atoms with E-state index in [4.69, 9.17) is 9.47 Å².